The Morgan fingerprint density at radius 3 is 2.58 bits per heavy atom. The average Bonchev–Trinajstić information content (AvgIpc) is 2.54. The first-order valence-electron chi connectivity index (χ1n) is 7.26. The van der Waals surface area contributed by atoms with Gasteiger partial charge in [0.15, 0.2) is 6.10 Å². The number of carbonyl (C=O) groups is 1. The van der Waals surface area contributed by atoms with Crippen LogP contribution in [0.5, 0.6) is 5.75 Å². The van der Waals surface area contributed by atoms with Crippen LogP contribution >= 0.6 is 0 Å². The minimum atomic E-state index is -4.54. The predicted octanol–water partition coefficient (Wildman–Crippen LogP) is 3.53. The third-order valence-electron chi connectivity index (χ3n) is 3.36. The highest BCUT2D eigenvalue weighted by Gasteiger charge is 2.35. The summed E-state index contributed by atoms with van der Waals surface area (Å²) in [5.74, 6) is -0.781. The number of alkyl halides is 3. The van der Waals surface area contributed by atoms with Gasteiger partial charge in [-0.3, -0.25) is 9.78 Å². The Balaban J connectivity index is 2.07. The van der Waals surface area contributed by atoms with Crippen LogP contribution in [0.1, 0.15) is 18.1 Å². The number of carbonyl (C=O) groups excluding carboxylic acids is 1. The second-order valence-electron chi connectivity index (χ2n) is 5.31. The summed E-state index contributed by atoms with van der Waals surface area (Å²) in [7, 11) is 1.56. The SMILES string of the molecule is C[C@H](Oc1ccccc1C(F)(F)F)C(=O)N(C)Cc1cccnc1. The van der Waals surface area contributed by atoms with E-state index in [0.717, 1.165) is 11.6 Å². The quantitative estimate of drug-likeness (QED) is 0.838. The van der Waals surface area contributed by atoms with Gasteiger partial charge < -0.3 is 9.64 Å². The molecule has 1 heterocycles. The Bertz CT molecular complexity index is 690. The van der Waals surface area contributed by atoms with Gasteiger partial charge in [0.05, 0.1) is 5.56 Å². The van der Waals surface area contributed by atoms with Gasteiger partial charge in [-0.2, -0.15) is 13.2 Å². The molecule has 0 spiro atoms. The Morgan fingerprint density at radius 2 is 1.96 bits per heavy atom. The van der Waals surface area contributed by atoms with E-state index in [9.17, 15) is 18.0 Å². The normalized spacial score (nSPS) is 12.5. The Morgan fingerprint density at radius 1 is 1.25 bits per heavy atom. The maximum atomic E-state index is 13.0. The lowest BCUT2D eigenvalue weighted by Gasteiger charge is -2.23. The fourth-order valence-electron chi connectivity index (χ4n) is 2.20. The maximum Gasteiger partial charge on any atom is 0.419 e. The molecule has 7 heteroatoms. The van der Waals surface area contributed by atoms with Gasteiger partial charge in [0.2, 0.25) is 0 Å². The second-order valence-corrected chi connectivity index (χ2v) is 5.31. The van der Waals surface area contributed by atoms with Crippen LogP contribution in [0.3, 0.4) is 0 Å². The topological polar surface area (TPSA) is 42.4 Å². The molecule has 1 atom stereocenters. The molecule has 2 aromatic rings. The highest BCUT2D eigenvalue weighted by Crippen LogP contribution is 2.36. The molecule has 1 amide bonds. The molecule has 1 aromatic carbocycles. The average molecular weight is 338 g/mol. The molecule has 0 aliphatic rings. The second kappa shape index (κ2) is 7.33. The largest absolute Gasteiger partial charge is 0.480 e. The molecule has 2 rings (SSSR count). The van der Waals surface area contributed by atoms with Gasteiger partial charge in [0, 0.05) is 26.0 Å². The molecule has 0 bridgehead atoms. The van der Waals surface area contributed by atoms with Crippen molar-refractivity contribution in [2.24, 2.45) is 0 Å². The van der Waals surface area contributed by atoms with E-state index < -0.39 is 23.8 Å². The monoisotopic (exact) mass is 338 g/mol. The first kappa shape index (κ1) is 17.8. The van der Waals surface area contributed by atoms with Crippen LogP contribution in [-0.4, -0.2) is 28.9 Å². The summed E-state index contributed by atoms with van der Waals surface area (Å²) < 4.78 is 44.2. The smallest absolute Gasteiger partial charge is 0.419 e. The molecule has 4 nitrogen and oxygen atoms in total. The minimum absolute atomic E-state index is 0.293. The molecular formula is C17H17F3N2O2. The van der Waals surface area contributed by atoms with Crippen molar-refractivity contribution in [2.45, 2.75) is 25.7 Å². The molecule has 0 saturated heterocycles. The van der Waals surface area contributed by atoms with Crippen LogP contribution in [0.2, 0.25) is 0 Å². The Hall–Kier alpha value is -2.57. The zero-order valence-corrected chi connectivity index (χ0v) is 13.2. The number of para-hydroxylation sites is 1. The zero-order chi connectivity index (χ0) is 17.7. The van der Waals surface area contributed by atoms with E-state index in [-0.39, 0.29) is 5.75 Å². The fraction of sp³-hybridized carbons (Fsp3) is 0.294. The van der Waals surface area contributed by atoms with Crippen LogP contribution < -0.4 is 4.74 Å². The van der Waals surface area contributed by atoms with Gasteiger partial charge in [-0.15, -0.1) is 0 Å². The molecule has 0 radical (unpaired) electrons. The van der Waals surface area contributed by atoms with Crippen LogP contribution in [-0.2, 0) is 17.5 Å². The number of halogens is 3. The maximum absolute atomic E-state index is 13.0. The lowest BCUT2D eigenvalue weighted by molar-refractivity contribution is -0.143. The molecule has 0 saturated carbocycles. The number of ether oxygens (including phenoxy) is 1. The molecule has 0 aliphatic heterocycles. The van der Waals surface area contributed by atoms with Crippen LogP contribution in [0.25, 0.3) is 0 Å². The standard InChI is InChI=1S/C17H17F3N2O2/c1-12(16(23)22(2)11-13-6-5-9-21-10-13)24-15-8-4-3-7-14(15)17(18,19)20/h3-10,12H,11H2,1-2H3/t12-/m0/s1. The summed E-state index contributed by atoms with van der Waals surface area (Å²) in [5, 5.41) is 0. The van der Waals surface area contributed by atoms with Crippen LogP contribution in [0.4, 0.5) is 13.2 Å². The summed E-state index contributed by atoms with van der Waals surface area (Å²) >= 11 is 0. The number of pyridine rings is 1. The number of benzene rings is 1. The number of hydrogen-bond donors (Lipinski definition) is 0. The van der Waals surface area contributed by atoms with Crippen molar-refractivity contribution in [2.75, 3.05) is 7.05 Å². The first-order valence-corrected chi connectivity index (χ1v) is 7.26. The van der Waals surface area contributed by atoms with Gasteiger partial charge in [0.25, 0.3) is 5.91 Å². The molecule has 0 N–H and O–H groups in total. The van der Waals surface area contributed by atoms with E-state index in [0.29, 0.717) is 6.54 Å². The summed E-state index contributed by atoms with van der Waals surface area (Å²) in [6.45, 7) is 1.72. The minimum Gasteiger partial charge on any atom is -0.480 e. The van der Waals surface area contributed by atoms with E-state index in [2.05, 4.69) is 4.98 Å². The number of amides is 1. The highest BCUT2D eigenvalue weighted by atomic mass is 19.4. The van der Waals surface area contributed by atoms with E-state index in [1.807, 2.05) is 0 Å². The molecular weight excluding hydrogens is 321 g/mol. The van der Waals surface area contributed by atoms with Gasteiger partial charge in [-0.1, -0.05) is 18.2 Å². The summed E-state index contributed by atoms with van der Waals surface area (Å²) in [6.07, 6.45) is -2.35. The van der Waals surface area contributed by atoms with Crippen LogP contribution in [0, 0.1) is 0 Å². The van der Waals surface area contributed by atoms with Crippen molar-refractivity contribution < 1.29 is 22.7 Å². The number of likely N-dealkylation sites (N-methyl/N-ethyl adjacent to an activating group) is 1. The number of aromatic nitrogens is 1. The third-order valence-corrected chi connectivity index (χ3v) is 3.36. The van der Waals surface area contributed by atoms with Crippen molar-refractivity contribution in [3.05, 3.63) is 59.9 Å². The number of nitrogens with zero attached hydrogens (tertiary/aromatic N) is 2. The number of rotatable bonds is 5. The van der Waals surface area contributed by atoms with Gasteiger partial charge >= 0.3 is 6.18 Å². The van der Waals surface area contributed by atoms with Crippen LogP contribution in [0.15, 0.2) is 48.8 Å². The lowest BCUT2D eigenvalue weighted by atomic mass is 10.2. The van der Waals surface area contributed by atoms with Crippen molar-refractivity contribution in [1.82, 2.24) is 9.88 Å². The zero-order valence-electron chi connectivity index (χ0n) is 13.2. The molecule has 24 heavy (non-hydrogen) atoms. The van der Waals surface area contributed by atoms with Crippen molar-refractivity contribution >= 4 is 5.91 Å². The molecule has 1 aromatic heterocycles. The lowest BCUT2D eigenvalue weighted by Crippen LogP contribution is -2.37. The fourth-order valence-corrected chi connectivity index (χ4v) is 2.20. The van der Waals surface area contributed by atoms with E-state index in [4.69, 9.17) is 4.74 Å². The molecule has 0 aliphatic carbocycles. The molecule has 0 unspecified atom stereocenters. The van der Waals surface area contributed by atoms with Gasteiger partial charge in [0.1, 0.15) is 5.75 Å². The third kappa shape index (κ3) is 4.47. The van der Waals surface area contributed by atoms with E-state index >= 15 is 0 Å². The Kier molecular flexibility index (Phi) is 5.43. The first-order chi connectivity index (χ1) is 11.3. The molecule has 128 valence electrons. The summed E-state index contributed by atoms with van der Waals surface area (Å²) in [4.78, 5) is 17.7. The van der Waals surface area contributed by atoms with Crippen molar-refractivity contribution in [3.8, 4) is 5.75 Å². The summed E-state index contributed by atoms with van der Waals surface area (Å²) in [6, 6.07) is 8.38. The van der Waals surface area contributed by atoms with Gasteiger partial charge in [-0.05, 0) is 30.7 Å². The van der Waals surface area contributed by atoms with E-state index in [1.165, 1.54) is 30.0 Å². The van der Waals surface area contributed by atoms with Crippen molar-refractivity contribution in [3.63, 3.8) is 0 Å². The van der Waals surface area contributed by atoms with Crippen molar-refractivity contribution in [1.29, 1.82) is 0 Å². The summed E-state index contributed by atoms with van der Waals surface area (Å²) in [5.41, 5.74) is -0.0872. The predicted molar refractivity (Wildman–Crippen MR) is 82.2 cm³/mol. The van der Waals surface area contributed by atoms with Gasteiger partial charge in [-0.25, -0.2) is 0 Å². The number of hydrogen-bond acceptors (Lipinski definition) is 3. The Labute approximate surface area is 137 Å². The highest BCUT2D eigenvalue weighted by molar-refractivity contribution is 5.80. The van der Waals surface area contributed by atoms with E-state index in [1.54, 1.807) is 31.6 Å². The molecule has 0 fully saturated rings.